The van der Waals surface area contributed by atoms with Crippen LogP contribution in [0.2, 0.25) is 0 Å². The first-order valence-electron chi connectivity index (χ1n) is 5.90. The molecular weight excluding hydrogens is 286 g/mol. The van der Waals surface area contributed by atoms with E-state index in [1.165, 1.54) is 35.0 Å². The van der Waals surface area contributed by atoms with Crippen molar-refractivity contribution in [1.82, 2.24) is 5.32 Å². The van der Waals surface area contributed by atoms with Gasteiger partial charge in [-0.1, -0.05) is 12.8 Å². The van der Waals surface area contributed by atoms with Crippen LogP contribution in [0.4, 0.5) is 0 Å². The summed E-state index contributed by atoms with van der Waals surface area (Å²) in [4.78, 5) is 1.34. The SMILES string of the molecule is Brc1csc(C2CNCC3(CCCC3)O2)c1. The quantitative estimate of drug-likeness (QED) is 0.857. The lowest BCUT2D eigenvalue weighted by Gasteiger charge is -2.39. The summed E-state index contributed by atoms with van der Waals surface area (Å²) in [5.41, 5.74) is 0.138. The van der Waals surface area contributed by atoms with Crippen LogP contribution in [0.5, 0.6) is 0 Å². The zero-order valence-corrected chi connectivity index (χ0v) is 11.6. The number of nitrogens with one attached hydrogen (secondary N) is 1. The highest BCUT2D eigenvalue weighted by atomic mass is 79.9. The lowest BCUT2D eigenvalue weighted by atomic mass is 9.99. The average molecular weight is 302 g/mol. The summed E-state index contributed by atoms with van der Waals surface area (Å²) in [5.74, 6) is 0. The van der Waals surface area contributed by atoms with Gasteiger partial charge in [0.15, 0.2) is 0 Å². The smallest absolute Gasteiger partial charge is 0.105 e. The molecule has 88 valence electrons. The minimum Gasteiger partial charge on any atom is -0.364 e. The Kier molecular flexibility index (Phi) is 3.09. The maximum absolute atomic E-state index is 6.36. The largest absolute Gasteiger partial charge is 0.364 e. The van der Waals surface area contributed by atoms with Crippen molar-refractivity contribution in [3.63, 3.8) is 0 Å². The first kappa shape index (κ1) is 11.2. The highest BCUT2D eigenvalue weighted by molar-refractivity contribution is 9.10. The minimum atomic E-state index is 0.138. The van der Waals surface area contributed by atoms with E-state index in [1.807, 2.05) is 0 Å². The van der Waals surface area contributed by atoms with Crippen molar-refractivity contribution in [3.8, 4) is 0 Å². The van der Waals surface area contributed by atoms with Gasteiger partial charge in [0.2, 0.25) is 0 Å². The molecule has 16 heavy (non-hydrogen) atoms. The van der Waals surface area contributed by atoms with Gasteiger partial charge < -0.3 is 10.1 Å². The third-order valence-corrected chi connectivity index (χ3v) is 5.37. The number of hydrogen-bond acceptors (Lipinski definition) is 3. The normalized spacial score (nSPS) is 28.7. The van der Waals surface area contributed by atoms with Gasteiger partial charge in [-0.3, -0.25) is 0 Å². The Hall–Kier alpha value is 0.1000. The molecule has 1 saturated carbocycles. The molecule has 1 unspecified atom stereocenters. The minimum absolute atomic E-state index is 0.138. The van der Waals surface area contributed by atoms with E-state index in [0.29, 0.717) is 0 Å². The van der Waals surface area contributed by atoms with Crippen LogP contribution in [0.25, 0.3) is 0 Å². The van der Waals surface area contributed by atoms with E-state index in [1.54, 1.807) is 11.3 Å². The van der Waals surface area contributed by atoms with Crippen molar-refractivity contribution in [2.24, 2.45) is 0 Å². The van der Waals surface area contributed by atoms with Crippen molar-refractivity contribution in [3.05, 3.63) is 20.8 Å². The Morgan fingerprint density at radius 1 is 1.44 bits per heavy atom. The molecule has 2 nitrogen and oxygen atoms in total. The second-order valence-corrected chi connectivity index (χ2v) is 6.65. The number of hydrogen-bond donors (Lipinski definition) is 1. The van der Waals surface area contributed by atoms with E-state index >= 15 is 0 Å². The first-order chi connectivity index (χ1) is 7.77. The van der Waals surface area contributed by atoms with Gasteiger partial charge in [-0.2, -0.15) is 0 Å². The molecule has 1 aliphatic heterocycles. The standard InChI is InChI=1S/C12H16BrNOS/c13-9-5-11(16-7-9)10-6-14-8-12(15-10)3-1-2-4-12/h5,7,10,14H,1-4,6,8H2. The van der Waals surface area contributed by atoms with Gasteiger partial charge in [0.05, 0.1) is 5.60 Å². The molecular formula is C12H16BrNOS. The van der Waals surface area contributed by atoms with Gasteiger partial charge in [-0.15, -0.1) is 11.3 Å². The molecule has 1 saturated heterocycles. The van der Waals surface area contributed by atoms with Gasteiger partial charge in [0.25, 0.3) is 0 Å². The Balaban J connectivity index is 1.77. The molecule has 4 heteroatoms. The lowest BCUT2D eigenvalue weighted by molar-refractivity contribution is -0.113. The molecule has 2 heterocycles. The van der Waals surface area contributed by atoms with Crippen LogP contribution in [0.1, 0.15) is 36.7 Å². The number of halogens is 1. The summed E-state index contributed by atoms with van der Waals surface area (Å²) in [6, 6.07) is 2.19. The highest BCUT2D eigenvalue weighted by Gasteiger charge is 2.40. The zero-order valence-electron chi connectivity index (χ0n) is 9.17. The van der Waals surface area contributed by atoms with E-state index in [2.05, 4.69) is 32.7 Å². The number of rotatable bonds is 1. The molecule has 1 aliphatic carbocycles. The highest BCUT2D eigenvalue weighted by Crippen LogP contribution is 2.40. The fourth-order valence-electron chi connectivity index (χ4n) is 2.79. The monoisotopic (exact) mass is 301 g/mol. The first-order valence-corrected chi connectivity index (χ1v) is 7.57. The molecule has 1 spiro atoms. The molecule has 2 fully saturated rings. The molecule has 1 N–H and O–H groups in total. The second-order valence-electron chi connectivity index (χ2n) is 4.79. The van der Waals surface area contributed by atoms with Crippen molar-refractivity contribution < 1.29 is 4.74 Å². The summed E-state index contributed by atoms with van der Waals surface area (Å²) in [6.07, 6.45) is 5.35. The van der Waals surface area contributed by atoms with E-state index < -0.39 is 0 Å². The number of thiophene rings is 1. The van der Waals surface area contributed by atoms with Crippen molar-refractivity contribution in [2.75, 3.05) is 13.1 Å². The predicted molar refractivity (Wildman–Crippen MR) is 69.9 cm³/mol. The molecule has 0 bridgehead atoms. The van der Waals surface area contributed by atoms with Crippen molar-refractivity contribution in [1.29, 1.82) is 0 Å². The second kappa shape index (κ2) is 4.41. The summed E-state index contributed by atoms with van der Waals surface area (Å²) in [5, 5.41) is 5.68. The summed E-state index contributed by atoms with van der Waals surface area (Å²) in [7, 11) is 0. The lowest BCUT2D eigenvalue weighted by Crippen LogP contribution is -2.48. The summed E-state index contributed by atoms with van der Waals surface area (Å²) < 4.78 is 7.53. The number of ether oxygens (including phenoxy) is 1. The Morgan fingerprint density at radius 2 is 2.25 bits per heavy atom. The third kappa shape index (κ3) is 2.08. The van der Waals surface area contributed by atoms with Crippen LogP contribution in [0.15, 0.2) is 15.9 Å². The van der Waals surface area contributed by atoms with Gasteiger partial charge in [0, 0.05) is 27.8 Å². The zero-order chi connectivity index (χ0) is 11.0. The average Bonchev–Trinajstić information content (AvgIpc) is 2.89. The molecule has 2 aliphatic rings. The maximum atomic E-state index is 6.36. The summed E-state index contributed by atoms with van der Waals surface area (Å²) >= 11 is 5.29. The van der Waals surface area contributed by atoms with Gasteiger partial charge in [-0.25, -0.2) is 0 Å². The Bertz CT molecular complexity index is 373. The fraction of sp³-hybridized carbons (Fsp3) is 0.667. The van der Waals surface area contributed by atoms with Crippen LogP contribution in [-0.2, 0) is 4.74 Å². The van der Waals surface area contributed by atoms with E-state index in [-0.39, 0.29) is 11.7 Å². The molecule has 0 amide bonds. The predicted octanol–water partition coefficient (Wildman–Crippen LogP) is 3.48. The van der Waals surface area contributed by atoms with E-state index in [9.17, 15) is 0 Å². The molecule has 3 rings (SSSR count). The van der Waals surface area contributed by atoms with Crippen LogP contribution >= 0.6 is 27.3 Å². The fourth-order valence-corrected chi connectivity index (χ4v) is 4.26. The molecule has 0 radical (unpaired) electrons. The third-order valence-electron chi connectivity index (χ3n) is 3.59. The van der Waals surface area contributed by atoms with Gasteiger partial charge >= 0.3 is 0 Å². The molecule has 0 aromatic carbocycles. The van der Waals surface area contributed by atoms with Gasteiger partial charge in [-0.05, 0) is 34.8 Å². The molecule has 1 aromatic rings. The van der Waals surface area contributed by atoms with Crippen LogP contribution in [0, 0.1) is 0 Å². The van der Waals surface area contributed by atoms with Crippen LogP contribution in [-0.4, -0.2) is 18.7 Å². The van der Waals surface area contributed by atoms with E-state index in [0.717, 1.165) is 13.1 Å². The van der Waals surface area contributed by atoms with Crippen LogP contribution < -0.4 is 5.32 Å². The van der Waals surface area contributed by atoms with Crippen molar-refractivity contribution >= 4 is 27.3 Å². The summed E-state index contributed by atoms with van der Waals surface area (Å²) in [6.45, 7) is 1.99. The maximum Gasteiger partial charge on any atom is 0.105 e. The van der Waals surface area contributed by atoms with E-state index in [4.69, 9.17) is 4.74 Å². The molecule has 1 atom stereocenters. The van der Waals surface area contributed by atoms with Crippen molar-refractivity contribution in [2.45, 2.75) is 37.4 Å². The topological polar surface area (TPSA) is 21.3 Å². The van der Waals surface area contributed by atoms with Crippen LogP contribution in [0.3, 0.4) is 0 Å². The Morgan fingerprint density at radius 3 is 2.94 bits per heavy atom. The Labute approximate surface area is 109 Å². The number of morpholine rings is 1. The molecule has 1 aromatic heterocycles. The van der Waals surface area contributed by atoms with Gasteiger partial charge in [0.1, 0.15) is 6.10 Å².